The lowest BCUT2D eigenvalue weighted by molar-refractivity contribution is 0.0769. The quantitative estimate of drug-likeness (QED) is 0.667. The summed E-state index contributed by atoms with van der Waals surface area (Å²) in [5, 5.41) is 3.32. The van der Waals surface area contributed by atoms with Gasteiger partial charge in [0.15, 0.2) is 0 Å². The number of benzene rings is 1. The fraction of sp³-hybridized carbons (Fsp3) is 0.682. The summed E-state index contributed by atoms with van der Waals surface area (Å²) < 4.78 is 11.3. The predicted molar refractivity (Wildman–Crippen MR) is 116 cm³/mol. The number of amides is 1. The van der Waals surface area contributed by atoms with E-state index in [1.807, 2.05) is 52.1 Å². The minimum absolute atomic E-state index is 0. The molecule has 1 aliphatic rings. The maximum Gasteiger partial charge on any atom is 0.253 e. The molecule has 1 amide bonds. The van der Waals surface area contributed by atoms with Gasteiger partial charge in [0.2, 0.25) is 0 Å². The molecule has 1 aromatic rings. The topological polar surface area (TPSA) is 50.8 Å². The molecule has 1 heterocycles. The molecule has 5 heteroatoms. The number of hydrogen-bond donors (Lipinski definition) is 1. The number of nitrogens with zero attached hydrogens (tertiary/aromatic N) is 1. The van der Waals surface area contributed by atoms with Crippen molar-refractivity contribution in [3.05, 3.63) is 29.8 Å². The zero-order valence-corrected chi connectivity index (χ0v) is 16.2. The lowest BCUT2D eigenvalue weighted by atomic mass is 10.1. The van der Waals surface area contributed by atoms with E-state index in [2.05, 4.69) is 5.32 Å². The van der Waals surface area contributed by atoms with Gasteiger partial charge in [-0.3, -0.25) is 4.79 Å². The Hall–Kier alpha value is -1.59. The molecule has 0 spiro atoms. The summed E-state index contributed by atoms with van der Waals surface area (Å²) in [7, 11) is 1.83. The van der Waals surface area contributed by atoms with Crippen LogP contribution < -0.4 is 10.1 Å². The van der Waals surface area contributed by atoms with E-state index in [-0.39, 0.29) is 26.9 Å². The number of hydrogen-bond acceptors (Lipinski definition) is 4. The van der Waals surface area contributed by atoms with Crippen LogP contribution in [0.5, 0.6) is 5.75 Å². The number of carbonyl (C=O) groups is 1. The van der Waals surface area contributed by atoms with Gasteiger partial charge in [0, 0.05) is 32.4 Å². The summed E-state index contributed by atoms with van der Waals surface area (Å²) in [6, 6.07) is 7.47. The minimum Gasteiger partial charge on any atom is -0.490 e. The molecule has 5 nitrogen and oxygen atoms in total. The van der Waals surface area contributed by atoms with Crippen LogP contribution in [0.2, 0.25) is 0 Å². The molecule has 0 aliphatic carbocycles. The van der Waals surface area contributed by atoms with Crippen molar-refractivity contribution in [1.82, 2.24) is 10.2 Å². The molecule has 1 aliphatic heterocycles. The molecule has 0 aromatic heterocycles. The van der Waals surface area contributed by atoms with E-state index < -0.39 is 0 Å². The van der Waals surface area contributed by atoms with Gasteiger partial charge in [0.05, 0.1) is 0 Å². The molecule has 0 saturated carbocycles. The predicted octanol–water partition coefficient (Wildman–Crippen LogP) is 4.61. The Balaban J connectivity index is 0. The first-order chi connectivity index (χ1) is 12.2. The molecule has 0 unspecified atom stereocenters. The molecule has 2 rings (SSSR count). The fourth-order valence-electron chi connectivity index (χ4n) is 2.65. The smallest absolute Gasteiger partial charge is 0.253 e. The number of rotatable bonds is 8. The van der Waals surface area contributed by atoms with Crippen LogP contribution in [-0.4, -0.2) is 56.8 Å². The van der Waals surface area contributed by atoms with Gasteiger partial charge in [0.1, 0.15) is 11.9 Å². The highest BCUT2D eigenvalue weighted by atomic mass is 16.5. The number of ether oxygens (including phenoxy) is 2. The van der Waals surface area contributed by atoms with Crippen molar-refractivity contribution in [2.45, 2.75) is 61.0 Å². The van der Waals surface area contributed by atoms with Gasteiger partial charge in [0.25, 0.3) is 5.91 Å². The Morgan fingerprint density at radius 1 is 1.15 bits per heavy atom. The first kappa shape index (κ1) is 27.6. The maximum atomic E-state index is 12.3. The fourth-order valence-corrected chi connectivity index (χ4v) is 2.65. The molecular formula is C22H42N2O3. The van der Waals surface area contributed by atoms with Crippen molar-refractivity contribution in [3.8, 4) is 5.75 Å². The highest BCUT2D eigenvalue weighted by Gasteiger charge is 2.15. The zero-order valence-electron chi connectivity index (χ0n) is 16.2. The van der Waals surface area contributed by atoms with Gasteiger partial charge in [-0.25, -0.2) is 0 Å². The first-order valence-corrected chi connectivity index (χ1v) is 9.51. The monoisotopic (exact) mass is 382 g/mol. The van der Waals surface area contributed by atoms with E-state index >= 15 is 0 Å². The zero-order chi connectivity index (χ0) is 18.5. The van der Waals surface area contributed by atoms with Crippen LogP contribution >= 0.6 is 0 Å². The lowest BCUT2D eigenvalue weighted by Crippen LogP contribution is -2.34. The number of carbonyl (C=O) groups excluding carboxylic acids is 1. The Bertz CT molecular complexity index is 471. The van der Waals surface area contributed by atoms with Gasteiger partial charge in [-0.15, -0.1) is 0 Å². The molecular weight excluding hydrogens is 340 g/mol. The molecule has 0 radical (unpaired) electrons. The summed E-state index contributed by atoms with van der Waals surface area (Å²) in [6.07, 6.45) is 3.19. The van der Waals surface area contributed by atoms with Crippen molar-refractivity contribution in [1.29, 1.82) is 0 Å². The van der Waals surface area contributed by atoms with E-state index in [0.29, 0.717) is 18.7 Å². The van der Waals surface area contributed by atoms with Crippen LogP contribution in [0.1, 0.15) is 65.2 Å². The van der Waals surface area contributed by atoms with Gasteiger partial charge in [-0.05, 0) is 63.5 Å². The van der Waals surface area contributed by atoms with Crippen molar-refractivity contribution in [3.63, 3.8) is 0 Å². The van der Waals surface area contributed by atoms with E-state index in [4.69, 9.17) is 9.47 Å². The van der Waals surface area contributed by atoms with E-state index in [1.165, 1.54) is 0 Å². The number of piperidine rings is 1. The number of nitrogens with one attached hydrogen (secondary N) is 1. The highest BCUT2D eigenvalue weighted by molar-refractivity contribution is 5.94. The SMILES string of the molecule is C.C.CC.CCOCCCN(C)C(=O)c1ccc(OC2CCNCC2)cc1. The Kier molecular flexibility index (Phi) is 17.0. The average molecular weight is 383 g/mol. The van der Waals surface area contributed by atoms with Gasteiger partial charge < -0.3 is 19.7 Å². The van der Waals surface area contributed by atoms with Gasteiger partial charge in [-0.1, -0.05) is 28.7 Å². The summed E-state index contributed by atoms with van der Waals surface area (Å²) in [6.45, 7) is 10.1. The second-order valence-corrected chi connectivity index (χ2v) is 5.87. The molecule has 1 saturated heterocycles. The highest BCUT2D eigenvalue weighted by Crippen LogP contribution is 2.18. The largest absolute Gasteiger partial charge is 0.490 e. The summed E-state index contributed by atoms with van der Waals surface area (Å²) in [5.41, 5.74) is 0.696. The van der Waals surface area contributed by atoms with Gasteiger partial charge in [-0.2, -0.15) is 0 Å². The molecule has 0 atom stereocenters. The lowest BCUT2D eigenvalue weighted by Gasteiger charge is -2.24. The Morgan fingerprint density at radius 2 is 1.74 bits per heavy atom. The molecule has 158 valence electrons. The van der Waals surface area contributed by atoms with Crippen molar-refractivity contribution in [2.75, 3.05) is 39.9 Å². The second-order valence-electron chi connectivity index (χ2n) is 5.87. The van der Waals surface area contributed by atoms with Crippen LogP contribution in [0, 0.1) is 0 Å². The van der Waals surface area contributed by atoms with E-state index in [9.17, 15) is 4.79 Å². The molecule has 1 fully saturated rings. The summed E-state index contributed by atoms with van der Waals surface area (Å²) in [5.74, 6) is 0.877. The molecule has 1 aromatic carbocycles. The van der Waals surface area contributed by atoms with Crippen LogP contribution in [0.15, 0.2) is 24.3 Å². The molecule has 0 bridgehead atoms. The van der Waals surface area contributed by atoms with E-state index in [0.717, 1.165) is 44.7 Å². The molecule has 27 heavy (non-hydrogen) atoms. The Morgan fingerprint density at radius 3 is 2.30 bits per heavy atom. The van der Waals surface area contributed by atoms with Crippen LogP contribution in [0.4, 0.5) is 0 Å². The normalized spacial score (nSPS) is 13.3. The average Bonchev–Trinajstić information content (AvgIpc) is 2.67. The van der Waals surface area contributed by atoms with Crippen LogP contribution in [0.3, 0.4) is 0 Å². The third kappa shape index (κ3) is 10.4. The summed E-state index contributed by atoms with van der Waals surface area (Å²) in [4.78, 5) is 14.1. The third-order valence-electron chi connectivity index (χ3n) is 4.02. The summed E-state index contributed by atoms with van der Waals surface area (Å²) >= 11 is 0. The van der Waals surface area contributed by atoms with Crippen LogP contribution in [-0.2, 0) is 4.74 Å². The van der Waals surface area contributed by atoms with Crippen molar-refractivity contribution < 1.29 is 14.3 Å². The third-order valence-corrected chi connectivity index (χ3v) is 4.02. The standard InChI is InChI=1S/C18H28N2O3.C2H6.2CH4/c1-3-22-14-4-13-20(2)18(21)15-5-7-16(8-6-15)23-17-9-11-19-12-10-17;1-2;;/h5-8,17,19H,3-4,9-14H2,1-2H3;1-2H3;2*1H4. The minimum atomic E-state index is 0. The van der Waals surface area contributed by atoms with E-state index in [1.54, 1.807) is 4.90 Å². The van der Waals surface area contributed by atoms with Crippen molar-refractivity contribution >= 4 is 5.91 Å². The second kappa shape index (κ2) is 16.6. The van der Waals surface area contributed by atoms with Gasteiger partial charge >= 0.3 is 0 Å². The molecule has 1 N–H and O–H groups in total. The first-order valence-electron chi connectivity index (χ1n) is 9.51. The Labute approximate surface area is 167 Å². The maximum absolute atomic E-state index is 12.3. The van der Waals surface area contributed by atoms with Crippen LogP contribution in [0.25, 0.3) is 0 Å². The van der Waals surface area contributed by atoms with Crippen molar-refractivity contribution in [2.24, 2.45) is 0 Å².